The fourth-order valence-corrected chi connectivity index (χ4v) is 6.84. The van der Waals surface area contributed by atoms with Crippen molar-refractivity contribution >= 4 is 17.6 Å². The minimum atomic E-state index is -0.907. The molecule has 5 rings (SSSR count). The molecule has 1 atom stereocenters. The number of methoxy groups -OCH3 is 1. The van der Waals surface area contributed by atoms with Crippen LogP contribution in [-0.2, 0) is 24.6 Å². The Morgan fingerprint density at radius 3 is 1.93 bits per heavy atom. The number of hydrogen-bond acceptors (Lipinski definition) is 8. The number of allylic oxidation sites excluding steroid dienone is 2. The summed E-state index contributed by atoms with van der Waals surface area (Å²) in [7, 11) is 1.29. The Hall–Kier alpha value is -4.76. The third-order valence-electron chi connectivity index (χ3n) is 9.09. The van der Waals surface area contributed by atoms with Gasteiger partial charge in [-0.2, -0.15) is 0 Å². The van der Waals surface area contributed by atoms with Gasteiger partial charge in [-0.3, -0.25) is 10.1 Å². The number of rotatable bonds is 9. The van der Waals surface area contributed by atoms with Crippen LogP contribution in [0.2, 0.25) is 0 Å². The van der Waals surface area contributed by atoms with Crippen LogP contribution in [0.1, 0.15) is 62.6 Å². The molecular formula is C36H39N3O6. The van der Waals surface area contributed by atoms with E-state index in [2.05, 4.69) is 48.5 Å². The van der Waals surface area contributed by atoms with Crippen LogP contribution in [0.3, 0.4) is 0 Å². The number of piperidine rings is 1. The number of carbonyl (C=O) groups excluding carboxylic acids is 2. The van der Waals surface area contributed by atoms with Crippen LogP contribution < -0.4 is 0 Å². The third-order valence-corrected chi connectivity index (χ3v) is 9.09. The summed E-state index contributed by atoms with van der Waals surface area (Å²) in [5, 5.41) is 13.4. The summed E-state index contributed by atoms with van der Waals surface area (Å²) < 4.78 is 5.19. The molecule has 0 bridgehead atoms. The van der Waals surface area contributed by atoms with Crippen molar-refractivity contribution in [1.82, 2.24) is 9.96 Å². The highest BCUT2D eigenvalue weighted by atomic mass is 16.7. The summed E-state index contributed by atoms with van der Waals surface area (Å²) in [4.78, 5) is 46.8. The normalized spacial score (nSPS) is 18.5. The Kier molecular flexibility index (Phi) is 9.48. The molecule has 234 valence electrons. The largest absolute Gasteiger partial charge is 0.466 e. The first-order valence-corrected chi connectivity index (χ1v) is 15.3. The van der Waals surface area contributed by atoms with Crippen molar-refractivity contribution in [3.05, 3.63) is 134 Å². The van der Waals surface area contributed by atoms with Crippen LogP contribution in [0, 0.1) is 10.1 Å². The molecule has 0 aromatic heterocycles. The molecule has 0 amide bonds. The maximum Gasteiger partial charge on any atom is 0.355 e. The zero-order valence-corrected chi connectivity index (χ0v) is 26.2. The highest BCUT2D eigenvalue weighted by Gasteiger charge is 2.43. The van der Waals surface area contributed by atoms with Gasteiger partial charge >= 0.3 is 11.9 Å². The van der Waals surface area contributed by atoms with Gasteiger partial charge in [0, 0.05) is 48.6 Å². The van der Waals surface area contributed by atoms with Crippen LogP contribution in [0.25, 0.3) is 0 Å². The Morgan fingerprint density at radius 1 is 0.867 bits per heavy atom. The number of hydroxylamine groups is 2. The summed E-state index contributed by atoms with van der Waals surface area (Å²) in [6.07, 6.45) is 2.23. The predicted octanol–water partition coefficient (Wildman–Crippen LogP) is 6.67. The molecule has 9 heteroatoms. The van der Waals surface area contributed by atoms with E-state index in [0.29, 0.717) is 36.6 Å². The monoisotopic (exact) mass is 609 g/mol. The highest BCUT2D eigenvalue weighted by Crippen LogP contribution is 2.45. The van der Waals surface area contributed by atoms with E-state index < -0.39 is 22.8 Å². The van der Waals surface area contributed by atoms with Crippen molar-refractivity contribution in [1.29, 1.82) is 0 Å². The molecule has 2 aliphatic heterocycles. The lowest BCUT2D eigenvalue weighted by atomic mass is 9.68. The van der Waals surface area contributed by atoms with E-state index in [1.54, 1.807) is 17.2 Å². The van der Waals surface area contributed by atoms with Gasteiger partial charge in [0.05, 0.1) is 29.1 Å². The number of nitrogens with zero attached hydrogens (tertiary/aromatic N) is 3. The summed E-state index contributed by atoms with van der Waals surface area (Å²) in [6, 6.07) is 26.9. The van der Waals surface area contributed by atoms with Crippen LogP contribution in [0.4, 0.5) is 5.69 Å². The highest BCUT2D eigenvalue weighted by molar-refractivity contribution is 5.99. The lowest BCUT2D eigenvalue weighted by Crippen LogP contribution is -2.45. The molecule has 2 aliphatic rings. The minimum absolute atomic E-state index is 0.134. The lowest BCUT2D eigenvalue weighted by Gasteiger charge is -2.42. The minimum Gasteiger partial charge on any atom is -0.466 e. The van der Waals surface area contributed by atoms with E-state index in [1.165, 1.54) is 30.4 Å². The van der Waals surface area contributed by atoms with Gasteiger partial charge in [0.2, 0.25) is 0 Å². The van der Waals surface area contributed by atoms with Gasteiger partial charge in [-0.05, 0) is 49.8 Å². The zero-order chi connectivity index (χ0) is 32.1. The number of nitro benzene ring substituents is 1. The quantitative estimate of drug-likeness (QED) is 0.151. The molecule has 1 saturated heterocycles. The Balaban J connectivity index is 1.49. The van der Waals surface area contributed by atoms with Gasteiger partial charge in [-0.1, -0.05) is 79.7 Å². The molecule has 2 heterocycles. The fourth-order valence-electron chi connectivity index (χ4n) is 6.84. The number of hydrogen-bond donors (Lipinski definition) is 0. The second-order valence-electron chi connectivity index (χ2n) is 11.5. The number of ether oxygens (including phenoxy) is 1. The first-order valence-electron chi connectivity index (χ1n) is 15.3. The van der Waals surface area contributed by atoms with Gasteiger partial charge in [0.25, 0.3) is 5.69 Å². The molecule has 0 N–H and O–H groups in total. The van der Waals surface area contributed by atoms with E-state index >= 15 is 0 Å². The Labute approximate surface area is 263 Å². The average Bonchev–Trinajstić information content (AvgIpc) is 3.07. The van der Waals surface area contributed by atoms with Crippen LogP contribution in [-0.4, -0.2) is 53.6 Å². The van der Waals surface area contributed by atoms with Gasteiger partial charge in [0.15, 0.2) is 0 Å². The van der Waals surface area contributed by atoms with E-state index in [4.69, 9.17) is 9.57 Å². The molecule has 0 saturated carbocycles. The van der Waals surface area contributed by atoms with Gasteiger partial charge in [-0.25, -0.2) is 9.59 Å². The van der Waals surface area contributed by atoms with Crippen molar-refractivity contribution in [2.24, 2.45) is 0 Å². The molecule has 3 aromatic carbocycles. The van der Waals surface area contributed by atoms with Crippen molar-refractivity contribution in [3.8, 4) is 0 Å². The summed E-state index contributed by atoms with van der Waals surface area (Å²) in [6.45, 7) is 7.23. The van der Waals surface area contributed by atoms with E-state index in [0.717, 1.165) is 19.3 Å². The topological polar surface area (TPSA) is 102 Å². The van der Waals surface area contributed by atoms with Crippen molar-refractivity contribution in [3.63, 3.8) is 0 Å². The second-order valence-corrected chi connectivity index (χ2v) is 11.5. The standard InChI is InChI=1S/C36H39N3O6/c1-5-21-38-25(2)31(34(40)44-4)33(27-13-12-18-30(24-27)39(42)43)32(26(38)3)35(41)45-37-22-19-36(20-23-37,28-14-8-6-9-15-28)29-16-10-7-11-17-29/h6-18,24,33H,5,19-23H2,1-4H3/t33-/m1/s1. The molecule has 1 fully saturated rings. The molecule has 9 nitrogen and oxygen atoms in total. The SMILES string of the molecule is CCCN1C(C)=C(C(=O)OC)[C@@H](c2cccc([N+](=O)[O-])c2)C(C(=O)ON2CCC(c3ccccc3)(c3ccccc3)CC2)=C1C. The van der Waals surface area contributed by atoms with Gasteiger partial charge < -0.3 is 14.5 Å². The molecular weight excluding hydrogens is 570 g/mol. The molecule has 0 aliphatic carbocycles. The third kappa shape index (κ3) is 6.13. The average molecular weight is 610 g/mol. The molecule has 0 unspecified atom stereocenters. The van der Waals surface area contributed by atoms with Gasteiger partial charge in [-0.15, -0.1) is 5.06 Å². The zero-order valence-electron chi connectivity index (χ0n) is 26.2. The molecule has 0 spiro atoms. The van der Waals surface area contributed by atoms with Crippen LogP contribution >= 0.6 is 0 Å². The van der Waals surface area contributed by atoms with Crippen LogP contribution in [0.15, 0.2) is 107 Å². The van der Waals surface area contributed by atoms with Crippen molar-refractivity contribution in [2.75, 3.05) is 26.7 Å². The Bertz CT molecular complexity index is 1580. The van der Waals surface area contributed by atoms with Crippen molar-refractivity contribution in [2.45, 2.75) is 51.4 Å². The fraction of sp³-hybridized carbons (Fsp3) is 0.333. The first-order chi connectivity index (χ1) is 21.7. The maximum absolute atomic E-state index is 14.2. The second kappa shape index (κ2) is 13.5. The number of esters is 1. The number of carbonyl (C=O) groups is 2. The van der Waals surface area contributed by atoms with E-state index in [9.17, 15) is 19.7 Å². The summed E-state index contributed by atoms with van der Waals surface area (Å²) >= 11 is 0. The van der Waals surface area contributed by atoms with Crippen LogP contribution in [0.5, 0.6) is 0 Å². The van der Waals surface area contributed by atoms with Gasteiger partial charge in [0.1, 0.15) is 0 Å². The summed E-state index contributed by atoms with van der Waals surface area (Å²) in [5.74, 6) is -2.10. The van der Waals surface area contributed by atoms with E-state index in [-0.39, 0.29) is 22.2 Å². The summed E-state index contributed by atoms with van der Waals surface area (Å²) in [5.41, 5.74) is 4.32. The Morgan fingerprint density at radius 2 is 1.42 bits per heavy atom. The number of nitro groups is 1. The maximum atomic E-state index is 14.2. The van der Waals surface area contributed by atoms with E-state index in [1.807, 2.05) is 37.8 Å². The molecule has 0 radical (unpaired) electrons. The molecule has 3 aromatic rings. The first kappa shape index (κ1) is 31.7. The lowest BCUT2D eigenvalue weighted by molar-refractivity contribution is -0.384. The predicted molar refractivity (Wildman–Crippen MR) is 171 cm³/mol. The number of benzene rings is 3. The smallest absolute Gasteiger partial charge is 0.355 e. The van der Waals surface area contributed by atoms with Crippen molar-refractivity contribution < 1.29 is 24.1 Å². The molecule has 45 heavy (non-hydrogen) atoms. The number of non-ortho nitro benzene ring substituents is 1.